The number of thiazole rings is 1. The van der Waals surface area contributed by atoms with Crippen molar-refractivity contribution in [2.45, 2.75) is 38.6 Å². The standard InChI is InChI=1S/C17H18N4OS/c1-10-4-5-12(11(2)8-10)15-19-13(9-23-15)14-20-16(21-22-14)17(18)6-3-7-17/h4-5,8-9H,3,6-7,18H2,1-2H3. The molecule has 23 heavy (non-hydrogen) atoms. The second-order valence-corrected chi connectivity index (χ2v) is 7.15. The van der Waals surface area contributed by atoms with E-state index in [4.69, 9.17) is 10.3 Å². The highest BCUT2D eigenvalue weighted by Crippen LogP contribution is 2.38. The van der Waals surface area contributed by atoms with E-state index in [1.54, 1.807) is 11.3 Å². The Morgan fingerprint density at radius 1 is 1.22 bits per heavy atom. The van der Waals surface area contributed by atoms with Crippen molar-refractivity contribution in [2.24, 2.45) is 5.73 Å². The van der Waals surface area contributed by atoms with Gasteiger partial charge in [-0.15, -0.1) is 11.3 Å². The molecule has 0 amide bonds. The number of aryl methyl sites for hydroxylation is 2. The molecule has 2 heterocycles. The van der Waals surface area contributed by atoms with Crippen LogP contribution >= 0.6 is 11.3 Å². The van der Waals surface area contributed by atoms with Gasteiger partial charge in [0.15, 0.2) is 5.82 Å². The van der Waals surface area contributed by atoms with Gasteiger partial charge < -0.3 is 10.3 Å². The predicted octanol–water partition coefficient (Wildman–Crippen LogP) is 3.81. The lowest BCUT2D eigenvalue weighted by molar-refractivity contribution is 0.229. The van der Waals surface area contributed by atoms with Gasteiger partial charge in [-0.25, -0.2) is 4.98 Å². The maximum Gasteiger partial charge on any atom is 0.277 e. The minimum absolute atomic E-state index is 0.409. The molecule has 0 atom stereocenters. The van der Waals surface area contributed by atoms with Crippen LogP contribution in [-0.4, -0.2) is 15.1 Å². The zero-order valence-corrected chi connectivity index (χ0v) is 14.0. The molecular formula is C17H18N4OS. The molecule has 3 aromatic rings. The van der Waals surface area contributed by atoms with Crippen LogP contribution in [0, 0.1) is 13.8 Å². The van der Waals surface area contributed by atoms with Crippen molar-refractivity contribution in [3.63, 3.8) is 0 Å². The average molecular weight is 326 g/mol. The molecule has 0 saturated heterocycles. The minimum atomic E-state index is -0.409. The number of aromatic nitrogens is 3. The average Bonchev–Trinajstić information content (AvgIpc) is 3.13. The highest BCUT2D eigenvalue weighted by molar-refractivity contribution is 7.13. The molecule has 2 N–H and O–H groups in total. The maximum absolute atomic E-state index is 6.24. The topological polar surface area (TPSA) is 77.8 Å². The van der Waals surface area contributed by atoms with Gasteiger partial charge in [0.05, 0.1) is 5.54 Å². The van der Waals surface area contributed by atoms with Crippen molar-refractivity contribution >= 4 is 11.3 Å². The summed E-state index contributed by atoms with van der Waals surface area (Å²) in [6.07, 6.45) is 2.95. The molecule has 6 heteroatoms. The Morgan fingerprint density at radius 2 is 2.04 bits per heavy atom. The highest BCUT2D eigenvalue weighted by atomic mass is 32.1. The number of hydrogen-bond donors (Lipinski definition) is 1. The molecule has 1 fully saturated rings. The number of benzene rings is 1. The summed E-state index contributed by atoms with van der Waals surface area (Å²) in [5.74, 6) is 1.05. The summed E-state index contributed by atoms with van der Waals surface area (Å²) in [6.45, 7) is 4.19. The second kappa shape index (κ2) is 5.25. The lowest BCUT2D eigenvalue weighted by atomic mass is 9.77. The van der Waals surface area contributed by atoms with Crippen molar-refractivity contribution in [2.75, 3.05) is 0 Å². The van der Waals surface area contributed by atoms with Crippen molar-refractivity contribution < 1.29 is 4.52 Å². The number of nitrogens with zero attached hydrogens (tertiary/aromatic N) is 3. The molecule has 1 saturated carbocycles. The molecular weight excluding hydrogens is 308 g/mol. The van der Waals surface area contributed by atoms with Gasteiger partial charge in [0.2, 0.25) is 0 Å². The van der Waals surface area contributed by atoms with Crippen LogP contribution in [0.25, 0.3) is 22.2 Å². The molecule has 0 unspecified atom stereocenters. The molecule has 0 bridgehead atoms. The van der Waals surface area contributed by atoms with Crippen LogP contribution in [0.5, 0.6) is 0 Å². The second-order valence-electron chi connectivity index (χ2n) is 6.29. The number of rotatable bonds is 3. The third-order valence-corrected chi connectivity index (χ3v) is 5.33. The summed E-state index contributed by atoms with van der Waals surface area (Å²) in [6, 6.07) is 6.37. The fourth-order valence-corrected chi connectivity index (χ4v) is 3.74. The number of hydrogen-bond acceptors (Lipinski definition) is 6. The molecule has 1 aliphatic carbocycles. The molecule has 1 aromatic carbocycles. The van der Waals surface area contributed by atoms with Crippen LogP contribution in [0.1, 0.15) is 36.2 Å². The van der Waals surface area contributed by atoms with Crippen LogP contribution in [0.4, 0.5) is 0 Å². The minimum Gasteiger partial charge on any atom is -0.332 e. The van der Waals surface area contributed by atoms with E-state index in [9.17, 15) is 0 Å². The Morgan fingerprint density at radius 3 is 2.74 bits per heavy atom. The van der Waals surface area contributed by atoms with Crippen LogP contribution in [0.15, 0.2) is 28.1 Å². The fraction of sp³-hybridized carbons (Fsp3) is 0.353. The largest absolute Gasteiger partial charge is 0.332 e. The van der Waals surface area contributed by atoms with E-state index in [1.807, 2.05) is 5.38 Å². The van der Waals surface area contributed by atoms with E-state index >= 15 is 0 Å². The van der Waals surface area contributed by atoms with Gasteiger partial charge >= 0.3 is 0 Å². The first-order valence-electron chi connectivity index (χ1n) is 7.72. The molecule has 4 rings (SSSR count). The molecule has 0 radical (unpaired) electrons. The maximum atomic E-state index is 6.24. The third kappa shape index (κ3) is 2.48. The summed E-state index contributed by atoms with van der Waals surface area (Å²) >= 11 is 1.58. The van der Waals surface area contributed by atoms with E-state index in [-0.39, 0.29) is 0 Å². The lowest BCUT2D eigenvalue weighted by Gasteiger charge is -2.34. The van der Waals surface area contributed by atoms with E-state index in [1.165, 1.54) is 11.1 Å². The number of nitrogens with two attached hydrogens (primary N) is 1. The normalized spacial score (nSPS) is 16.3. The Hall–Kier alpha value is -2.05. The lowest BCUT2D eigenvalue weighted by Crippen LogP contribution is -2.44. The Balaban J connectivity index is 1.65. The molecule has 2 aromatic heterocycles. The van der Waals surface area contributed by atoms with Crippen LogP contribution in [0.2, 0.25) is 0 Å². The van der Waals surface area contributed by atoms with Gasteiger partial charge in [0, 0.05) is 10.9 Å². The summed E-state index contributed by atoms with van der Waals surface area (Å²) in [4.78, 5) is 9.12. The SMILES string of the molecule is Cc1ccc(-c2nc(-c3nc(C4(N)CCC4)no3)cs2)c(C)c1. The monoisotopic (exact) mass is 326 g/mol. The van der Waals surface area contributed by atoms with Crippen LogP contribution in [-0.2, 0) is 5.54 Å². The van der Waals surface area contributed by atoms with Crippen molar-refractivity contribution in [3.8, 4) is 22.2 Å². The van der Waals surface area contributed by atoms with Crippen LogP contribution in [0.3, 0.4) is 0 Å². The summed E-state index contributed by atoms with van der Waals surface area (Å²) in [7, 11) is 0. The zero-order chi connectivity index (χ0) is 16.0. The van der Waals surface area contributed by atoms with Gasteiger partial charge in [-0.2, -0.15) is 4.98 Å². The smallest absolute Gasteiger partial charge is 0.277 e. The Labute approximate surface area is 138 Å². The molecule has 5 nitrogen and oxygen atoms in total. The van der Waals surface area contributed by atoms with Gasteiger partial charge in [0.25, 0.3) is 5.89 Å². The molecule has 1 aliphatic rings. The van der Waals surface area contributed by atoms with Gasteiger partial charge in [-0.3, -0.25) is 0 Å². The predicted molar refractivity (Wildman–Crippen MR) is 90.0 cm³/mol. The summed E-state index contributed by atoms with van der Waals surface area (Å²) in [5.41, 5.74) is 10.2. The van der Waals surface area contributed by atoms with E-state index in [2.05, 4.69) is 47.2 Å². The summed E-state index contributed by atoms with van der Waals surface area (Å²) in [5, 5.41) is 6.97. The first-order valence-corrected chi connectivity index (χ1v) is 8.60. The molecule has 0 spiro atoms. The van der Waals surface area contributed by atoms with Gasteiger partial charge in [-0.1, -0.05) is 28.9 Å². The Bertz CT molecular complexity index is 863. The first kappa shape index (κ1) is 14.5. The Kier molecular flexibility index (Phi) is 3.32. The first-order chi connectivity index (χ1) is 11.0. The van der Waals surface area contributed by atoms with Gasteiger partial charge in [0.1, 0.15) is 10.7 Å². The van der Waals surface area contributed by atoms with Crippen LogP contribution < -0.4 is 5.73 Å². The summed E-state index contributed by atoms with van der Waals surface area (Å²) < 4.78 is 5.37. The molecule has 0 aliphatic heterocycles. The van der Waals surface area contributed by atoms with Crippen molar-refractivity contribution in [1.29, 1.82) is 0 Å². The molecule has 118 valence electrons. The van der Waals surface area contributed by atoms with Gasteiger partial charge in [-0.05, 0) is 38.7 Å². The fourth-order valence-electron chi connectivity index (χ4n) is 2.86. The van der Waals surface area contributed by atoms with Crippen molar-refractivity contribution in [3.05, 3.63) is 40.5 Å². The van der Waals surface area contributed by atoms with E-state index < -0.39 is 5.54 Å². The highest BCUT2D eigenvalue weighted by Gasteiger charge is 2.39. The van der Waals surface area contributed by atoms with E-state index in [0.29, 0.717) is 17.4 Å². The van der Waals surface area contributed by atoms with E-state index in [0.717, 1.165) is 29.8 Å². The van der Waals surface area contributed by atoms with Crippen molar-refractivity contribution in [1.82, 2.24) is 15.1 Å². The zero-order valence-electron chi connectivity index (χ0n) is 13.2. The quantitative estimate of drug-likeness (QED) is 0.791. The third-order valence-electron chi connectivity index (χ3n) is 4.45.